The van der Waals surface area contributed by atoms with Gasteiger partial charge in [0.1, 0.15) is 5.54 Å². The van der Waals surface area contributed by atoms with E-state index >= 15 is 0 Å². The number of hydrogen-bond acceptors (Lipinski definition) is 5. The lowest BCUT2D eigenvalue weighted by atomic mass is 9.81. The highest BCUT2D eigenvalue weighted by Gasteiger charge is 2.40. The van der Waals surface area contributed by atoms with Crippen LogP contribution in [0.25, 0.3) is 22.3 Å². The van der Waals surface area contributed by atoms with Crippen molar-refractivity contribution >= 4 is 16.8 Å². The number of carbonyl (C=O) groups is 1. The molecule has 0 saturated heterocycles. The van der Waals surface area contributed by atoms with E-state index < -0.39 is 5.54 Å². The average Bonchev–Trinajstić information content (AvgIpc) is 3.44. The van der Waals surface area contributed by atoms with Crippen LogP contribution in [-0.4, -0.2) is 26.0 Å². The van der Waals surface area contributed by atoms with Crippen LogP contribution in [0.15, 0.2) is 59.5 Å². The fourth-order valence-corrected chi connectivity index (χ4v) is 4.35. The number of nitrogens with one attached hydrogen (secondary N) is 2. The monoisotopic (exact) mass is 401 g/mol. The number of nitrogens with zero attached hydrogens (tertiary/aromatic N) is 3. The Labute approximate surface area is 173 Å². The maximum Gasteiger partial charge on any atom is 0.252 e. The first-order valence-corrected chi connectivity index (χ1v) is 10.3. The molecule has 152 valence electrons. The highest BCUT2D eigenvalue weighted by atomic mass is 16.5. The Morgan fingerprint density at radius 2 is 1.90 bits per heavy atom. The Morgan fingerprint density at radius 3 is 2.73 bits per heavy atom. The highest BCUT2D eigenvalue weighted by molar-refractivity contribution is 5.89. The molecule has 4 aromatic rings. The van der Waals surface area contributed by atoms with Gasteiger partial charge in [-0.05, 0) is 36.6 Å². The molecule has 1 aliphatic rings. The number of hydrogen-bond donors (Lipinski definition) is 2. The lowest BCUT2D eigenvalue weighted by Gasteiger charge is -2.34. The van der Waals surface area contributed by atoms with Crippen LogP contribution in [-0.2, 0) is 16.8 Å². The lowest BCUT2D eigenvalue weighted by Crippen LogP contribution is -2.48. The van der Waals surface area contributed by atoms with E-state index in [-0.39, 0.29) is 5.91 Å². The molecule has 0 spiro atoms. The van der Waals surface area contributed by atoms with Crippen molar-refractivity contribution in [2.75, 3.05) is 0 Å². The second kappa shape index (κ2) is 7.74. The van der Waals surface area contributed by atoms with Crippen molar-refractivity contribution in [3.05, 3.63) is 66.4 Å². The van der Waals surface area contributed by atoms with Crippen LogP contribution in [0, 0.1) is 0 Å². The van der Waals surface area contributed by atoms with E-state index in [1.807, 2.05) is 42.6 Å². The largest absolute Gasteiger partial charge is 0.361 e. The van der Waals surface area contributed by atoms with E-state index in [0.717, 1.165) is 54.1 Å². The van der Waals surface area contributed by atoms with Crippen molar-refractivity contribution in [3.63, 3.8) is 0 Å². The predicted octanol–water partition coefficient (Wildman–Crippen LogP) is 4.13. The zero-order valence-corrected chi connectivity index (χ0v) is 16.6. The van der Waals surface area contributed by atoms with Crippen LogP contribution in [0.2, 0.25) is 0 Å². The summed E-state index contributed by atoms with van der Waals surface area (Å²) in [5.74, 6) is 0.967. The molecule has 0 aliphatic heterocycles. The summed E-state index contributed by atoms with van der Waals surface area (Å²) in [6, 6.07) is 11.7. The average molecular weight is 401 g/mol. The fraction of sp³-hybridized carbons (Fsp3) is 0.304. The van der Waals surface area contributed by atoms with Gasteiger partial charge in [0.2, 0.25) is 11.7 Å². The maximum absolute atomic E-state index is 13.1. The molecule has 5 rings (SSSR count). The van der Waals surface area contributed by atoms with E-state index in [9.17, 15) is 4.79 Å². The number of para-hydroxylation sites is 1. The molecule has 7 heteroatoms. The normalized spacial score (nSPS) is 15.9. The number of carbonyl (C=O) groups excluding carboxylic acids is 1. The minimum Gasteiger partial charge on any atom is -0.361 e. The van der Waals surface area contributed by atoms with Gasteiger partial charge in [-0.1, -0.05) is 42.6 Å². The Bertz CT molecular complexity index is 1160. The van der Waals surface area contributed by atoms with Crippen molar-refractivity contribution in [3.8, 4) is 11.4 Å². The SMILES string of the molecule is O=C(Cc1c[nH]c2ccccc12)NC1(c2nc(-c3ccncc3)no2)CCCCC1. The van der Waals surface area contributed by atoms with Crippen molar-refractivity contribution in [1.29, 1.82) is 0 Å². The first kappa shape index (κ1) is 18.5. The molecule has 1 amide bonds. The minimum atomic E-state index is -0.611. The van der Waals surface area contributed by atoms with Gasteiger partial charge in [-0.25, -0.2) is 0 Å². The highest BCUT2D eigenvalue weighted by Crippen LogP contribution is 2.37. The summed E-state index contributed by atoms with van der Waals surface area (Å²) >= 11 is 0. The summed E-state index contributed by atoms with van der Waals surface area (Å²) in [7, 11) is 0. The summed E-state index contributed by atoms with van der Waals surface area (Å²) in [5, 5.41) is 8.49. The topological polar surface area (TPSA) is 96.7 Å². The number of rotatable bonds is 5. The minimum absolute atomic E-state index is 0.0367. The van der Waals surface area contributed by atoms with Crippen LogP contribution < -0.4 is 5.32 Å². The molecule has 30 heavy (non-hydrogen) atoms. The van der Waals surface area contributed by atoms with Crippen LogP contribution in [0.3, 0.4) is 0 Å². The molecular weight excluding hydrogens is 378 g/mol. The molecule has 7 nitrogen and oxygen atoms in total. The Morgan fingerprint density at radius 1 is 1.10 bits per heavy atom. The van der Waals surface area contributed by atoms with Crippen LogP contribution >= 0.6 is 0 Å². The zero-order chi connectivity index (χ0) is 20.4. The maximum atomic E-state index is 13.1. The molecule has 1 aliphatic carbocycles. The van der Waals surface area contributed by atoms with Gasteiger partial charge in [0.15, 0.2) is 0 Å². The molecule has 0 atom stereocenters. The number of pyridine rings is 1. The first-order chi connectivity index (χ1) is 14.7. The number of H-pyrrole nitrogens is 1. The van der Waals surface area contributed by atoms with Crippen LogP contribution in [0.5, 0.6) is 0 Å². The van der Waals surface area contributed by atoms with Crippen LogP contribution in [0.4, 0.5) is 0 Å². The van der Waals surface area contributed by atoms with Gasteiger partial charge >= 0.3 is 0 Å². The van der Waals surface area contributed by atoms with E-state index in [0.29, 0.717) is 18.1 Å². The molecule has 0 radical (unpaired) electrons. The van der Waals surface area contributed by atoms with Gasteiger partial charge in [0.05, 0.1) is 6.42 Å². The van der Waals surface area contributed by atoms with E-state index in [2.05, 4.69) is 25.4 Å². The summed E-state index contributed by atoms with van der Waals surface area (Å²) < 4.78 is 5.67. The van der Waals surface area contributed by atoms with Gasteiger partial charge in [0.25, 0.3) is 5.89 Å². The second-order valence-electron chi connectivity index (χ2n) is 7.89. The first-order valence-electron chi connectivity index (χ1n) is 10.3. The summed E-state index contributed by atoms with van der Waals surface area (Å²) in [6.07, 6.45) is 10.4. The molecule has 1 aromatic carbocycles. The van der Waals surface area contributed by atoms with Crippen molar-refractivity contribution in [2.45, 2.75) is 44.1 Å². The molecule has 0 unspecified atom stereocenters. The number of fused-ring (bicyclic) bond motifs is 1. The number of amides is 1. The van der Waals surface area contributed by atoms with Crippen LogP contribution in [0.1, 0.15) is 43.6 Å². The van der Waals surface area contributed by atoms with Gasteiger partial charge in [-0.15, -0.1) is 0 Å². The summed E-state index contributed by atoms with van der Waals surface area (Å²) in [6.45, 7) is 0. The zero-order valence-electron chi connectivity index (χ0n) is 16.6. The second-order valence-corrected chi connectivity index (χ2v) is 7.89. The Hall–Kier alpha value is -3.48. The number of aromatic amines is 1. The van der Waals surface area contributed by atoms with Gasteiger partial charge < -0.3 is 14.8 Å². The third-order valence-electron chi connectivity index (χ3n) is 5.89. The Balaban J connectivity index is 1.40. The molecule has 0 bridgehead atoms. The molecule has 3 heterocycles. The number of aromatic nitrogens is 4. The summed E-state index contributed by atoms with van der Waals surface area (Å²) in [5.41, 5.74) is 2.25. The van der Waals surface area contributed by atoms with Crippen molar-refractivity contribution in [2.24, 2.45) is 0 Å². The van der Waals surface area contributed by atoms with E-state index in [1.54, 1.807) is 12.4 Å². The third kappa shape index (κ3) is 3.47. The quantitative estimate of drug-likeness (QED) is 0.524. The lowest BCUT2D eigenvalue weighted by molar-refractivity contribution is -0.123. The predicted molar refractivity (Wildman–Crippen MR) is 112 cm³/mol. The number of benzene rings is 1. The molecule has 2 N–H and O–H groups in total. The molecular formula is C23H23N5O2. The third-order valence-corrected chi connectivity index (χ3v) is 5.89. The van der Waals surface area contributed by atoms with E-state index in [1.165, 1.54) is 0 Å². The Kier molecular flexibility index (Phi) is 4.78. The molecule has 1 fully saturated rings. The van der Waals surface area contributed by atoms with Crippen molar-refractivity contribution < 1.29 is 9.32 Å². The fourth-order valence-electron chi connectivity index (χ4n) is 4.35. The smallest absolute Gasteiger partial charge is 0.252 e. The summed E-state index contributed by atoms with van der Waals surface area (Å²) in [4.78, 5) is 25.0. The van der Waals surface area contributed by atoms with E-state index in [4.69, 9.17) is 4.52 Å². The molecule has 1 saturated carbocycles. The molecule has 3 aromatic heterocycles. The van der Waals surface area contributed by atoms with Gasteiger partial charge in [-0.2, -0.15) is 4.98 Å². The standard InChI is InChI=1S/C23H23N5O2/c29-20(14-17-15-25-19-7-3-2-6-18(17)19)27-23(10-4-1-5-11-23)22-26-21(28-30-22)16-8-12-24-13-9-16/h2-3,6-9,12-13,15,25H,1,4-5,10-11,14H2,(H,27,29). The van der Waals surface area contributed by atoms with Gasteiger partial charge in [0, 0.05) is 35.1 Å². The van der Waals surface area contributed by atoms with Crippen molar-refractivity contribution in [1.82, 2.24) is 25.4 Å². The van der Waals surface area contributed by atoms with Gasteiger partial charge in [-0.3, -0.25) is 9.78 Å².